The van der Waals surface area contributed by atoms with E-state index in [1.165, 1.54) is 0 Å². The fraction of sp³-hybridized carbons (Fsp3) is 0.250. The molecule has 0 aliphatic rings. The standard InChI is InChI=1S/C8H11Cl/c1-4-7(5-2)8(9)6-3/h4-6H,1H2,2-3H3. The topological polar surface area (TPSA) is 0 Å². The molecule has 50 valence electrons. The molecule has 0 aliphatic carbocycles. The summed E-state index contributed by atoms with van der Waals surface area (Å²) in [6.07, 6.45) is 5.51. The van der Waals surface area contributed by atoms with Crippen molar-refractivity contribution in [2.75, 3.05) is 0 Å². The zero-order valence-corrected chi connectivity index (χ0v) is 6.57. The van der Waals surface area contributed by atoms with Gasteiger partial charge in [-0.1, -0.05) is 36.4 Å². The Morgan fingerprint density at radius 2 is 1.89 bits per heavy atom. The molecule has 0 unspecified atom stereocenters. The summed E-state index contributed by atoms with van der Waals surface area (Å²) in [7, 11) is 0. The molecule has 0 aromatic heterocycles. The van der Waals surface area contributed by atoms with E-state index in [-0.39, 0.29) is 0 Å². The van der Waals surface area contributed by atoms with Gasteiger partial charge in [0.2, 0.25) is 0 Å². The monoisotopic (exact) mass is 142 g/mol. The summed E-state index contributed by atoms with van der Waals surface area (Å²) in [5, 5.41) is 0.757. The summed E-state index contributed by atoms with van der Waals surface area (Å²) in [5.74, 6) is 0. The van der Waals surface area contributed by atoms with Gasteiger partial charge in [0.25, 0.3) is 0 Å². The highest BCUT2D eigenvalue weighted by atomic mass is 35.5. The molecule has 0 fully saturated rings. The molecule has 0 nitrogen and oxygen atoms in total. The van der Waals surface area contributed by atoms with Gasteiger partial charge in [-0.3, -0.25) is 0 Å². The molecule has 0 spiro atoms. The lowest BCUT2D eigenvalue weighted by atomic mass is 10.2. The van der Waals surface area contributed by atoms with E-state index in [1.54, 1.807) is 6.08 Å². The van der Waals surface area contributed by atoms with Gasteiger partial charge in [0.15, 0.2) is 0 Å². The molecule has 0 aliphatic heterocycles. The summed E-state index contributed by atoms with van der Waals surface area (Å²) in [6.45, 7) is 7.44. The van der Waals surface area contributed by atoms with Crippen LogP contribution in [-0.2, 0) is 0 Å². The highest BCUT2D eigenvalue weighted by molar-refractivity contribution is 6.32. The quantitative estimate of drug-likeness (QED) is 0.520. The Labute approximate surface area is 61.5 Å². The minimum atomic E-state index is 0.757. The van der Waals surface area contributed by atoms with E-state index >= 15 is 0 Å². The lowest BCUT2D eigenvalue weighted by Gasteiger charge is -1.94. The zero-order valence-electron chi connectivity index (χ0n) is 5.82. The molecular weight excluding hydrogens is 132 g/mol. The normalized spacial score (nSPS) is 13.7. The smallest absolute Gasteiger partial charge is 0.0432 e. The van der Waals surface area contributed by atoms with Crippen LogP contribution in [0.5, 0.6) is 0 Å². The van der Waals surface area contributed by atoms with Gasteiger partial charge in [0.1, 0.15) is 0 Å². The number of allylic oxidation sites excluding steroid dienone is 5. The first-order chi connectivity index (χ1) is 4.26. The molecular formula is C8H11Cl. The van der Waals surface area contributed by atoms with E-state index in [0.717, 1.165) is 10.6 Å². The fourth-order valence-electron chi connectivity index (χ4n) is 0.520. The van der Waals surface area contributed by atoms with Gasteiger partial charge in [-0.25, -0.2) is 0 Å². The van der Waals surface area contributed by atoms with Crippen LogP contribution in [0.15, 0.2) is 35.4 Å². The second-order valence-electron chi connectivity index (χ2n) is 1.58. The molecule has 0 bridgehead atoms. The summed E-state index contributed by atoms with van der Waals surface area (Å²) in [5.41, 5.74) is 0.985. The van der Waals surface area contributed by atoms with Crippen LogP contribution in [0.2, 0.25) is 0 Å². The van der Waals surface area contributed by atoms with E-state index in [0.29, 0.717) is 0 Å². The van der Waals surface area contributed by atoms with Gasteiger partial charge in [-0.2, -0.15) is 0 Å². The maximum absolute atomic E-state index is 5.75. The van der Waals surface area contributed by atoms with E-state index in [9.17, 15) is 0 Å². The second-order valence-corrected chi connectivity index (χ2v) is 1.99. The third kappa shape index (κ3) is 2.52. The van der Waals surface area contributed by atoms with Crippen molar-refractivity contribution < 1.29 is 0 Å². The Kier molecular flexibility index (Phi) is 4.16. The van der Waals surface area contributed by atoms with Gasteiger partial charge in [0, 0.05) is 5.03 Å². The molecule has 0 aromatic carbocycles. The van der Waals surface area contributed by atoms with Gasteiger partial charge in [0.05, 0.1) is 0 Å². The number of hydrogen-bond donors (Lipinski definition) is 0. The summed E-state index contributed by atoms with van der Waals surface area (Å²) in [6, 6.07) is 0. The van der Waals surface area contributed by atoms with Crippen LogP contribution in [0.25, 0.3) is 0 Å². The Bertz CT molecular complexity index is 152. The lowest BCUT2D eigenvalue weighted by Crippen LogP contribution is -1.73. The SMILES string of the molecule is C=CC(=CC)C(Cl)=CC. The summed E-state index contributed by atoms with van der Waals surface area (Å²) < 4.78 is 0. The van der Waals surface area contributed by atoms with Crippen molar-refractivity contribution in [1.29, 1.82) is 0 Å². The largest absolute Gasteiger partial charge is 0.0984 e. The number of hydrogen-bond acceptors (Lipinski definition) is 0. The molecule has 0 rings (SSSR count). The molecule has 9 heavy (non-hydrogen) atoms. The van der Waals surface area contributed by atoms with Crippen molar-refractivity contribution in [3.8, 4) is 0 Å². The fourth-order valence-corrected chi connectivity index (χ4v) is 0.706. The molecule has 0 saturated heterocycles. The molecule has 0 radical (unpaired) electrons. The van der Waals surface area contributed by atoms with Gasteiger partial charge < -0.3 is 0 Å². The second kappa shape index (κ2) is 4.39. The third-order valence-corrected chi connectivity index (χ3v) is 1.50. The minimum Gasteiger partial charge on any atom is -0.0984 e. The number of halogens is 1. The predicted molar refractivity (Wildman–Crippen MR) is 43.6 cm³/mol. The van der Waals surface area contributed by atoms with E-state index in [1.807, 2.05) is 26.0 Å². The van der Waals surface area contributed by atoms with Crippen molar-refractivity contribution in [1.82, 2.24) is 0 Å². The van der Waals surface area contributed by atoms with Crippen molar-refractivity contribution >= 4 is 11.6 Å². The molecule has 0 heterocycles. The molecule has 1 heteroatoms. The highest BCUT2D eigenvalue weighted by Gasteiger charge is 1.91. The minimum absolute atomic E-state index is 0.757. The van der Waals surface area contributed by atoms with Gasteiger partial charge >= 0.3 is 0 Å². The van der Waals surface area contributed by atoms with Gasteiger partial charge in [-0.15, -0.1) is 0 Å². The average Bonchev–Trinajstić information content (AvgIpc) is 1.90. The van der Waals surface area contributed by atoms with Crippen LogP contribution in [0.3, 0.4) is 0 Å². The van der Waals surface area contributed by atoms with Crippen LogP contribution >= 0.6 is 11.6 Å². The molecule has 0 N–H and O–H groups in total. The van der Waals surface area contributed by atoms with Crippen molar-refractivity contribution in [2.45, 2.75) is 13.8 Å². The van der Waals surface area contributed by atoms with Crippen molar-refractivity contribution in [2.24, 2.45) is 0 Å². The zero-order chi connectivity index (χ0) is 7.28. The molecule has 0 saturated carbocycles. The maximum atomic E-state index is 5.75. The maximum Gasteiger partial charge on any atom is 0.0432 e. The summed E-state index contributed by atoms with van der Waals surface area (Å²) in [4.78, 5) is 0. The van der Waals surface area contributed by atoms with E-state index < -0.39 is 0 Å². The van der Waals surface area contributed by atoms with E-state index in [4.69, 9.17) is 11.6 Å². The third-order valence-electron chi connectivity index (χ3n) is 1.06. The molecule has 0 amide bonds. The predicted octanol–water partition coefficient (Wildman–Crippen LogP) is 3.26. The molecule has 0 atom stereocenters. The van der Waals surface area contributed by atoms with Crippen LogP contribution in [0.1, 0.15) is 13.8 Å². The van der Waals surface area contributed by atoms with Crippen LogP contribution in [0, 0.1) is 0 Å². The van der Waals surface area contributed by atoms with Crippen LogP contribution in [0.4, 0.5) is 0 Å². The Hall–Kier alpha value is -0.490. The highest BCUT2D eigenvalue weighted by Crippen LogP contribution is 2.14. The Balaban J connectivity index is 4.32. The first kappa shape index (κ1) is 8.51. The number of rotatable bonds is 2. The van der Waals surface area contributed by atoms with Crippen molar-refractivity contribution in [3.05, 3.63) is 35.4 Å². The van der Waals surface area contributed by atoms with Gasteiger partial charge in [-0.05, 0) is 19.4 Å². The first-order valence-corrected chi connectivity index (χ1v) is 3.25. The van der Waals surface area contributed by atoms with Crippen LogP contribution < -0.4 is 0 Å². The lowest BCUT2D eigenvalue weighted by molar-refractivity contribution is 1.55. The van der Waals surface area contributed by atoms with E-state index in [2.05, 4.69) is 6.58 Å². The Morgan fingerprint density at radius 3 is 2.00 bits per heavy atom. The first-order valence-electron chi connectivity index (χ1n) is 2.87. The average molecular weight is 143 g/mol. The molecule has 0 aromatic rings. The van der Waals surface area contributed by atoms with Crippen molar-refractivity contribution in [3.63, 3.8) is 0 Å². The van der Waals surface area contributed by atoms with Crippen LogP contribution in [-0.4, -0.2) is 0 Å². The summed E-state index contributed by atoms with van der Waals surface area (Å²) >= 11 is 5.75. The Morgan fingerprint density at radius 1 is 1.33 bits per heavy atom.